The van der Waals surface area contributed by atoms with Crippen molar-refractivity contribution in [3.05, 3.63) is 65.2 Å². The van der Waals surface area contributed by atoms with Gasteiger partial charge in [0.1, 0.15) is 11.4 Å². The quantitative estimate of drug-likeness (QED) is 0.838. The molecule has 0 saturated carbocycles. The molecule has 0 fully saturated rings. The van der Waals surface area contributed by atoms with Crippen LogP contribution < -0.4 is 10.1 Å². The van der Waals surface area contributed by atoms with Gasteiger partial charge < -0.3 is 10.1 Å². The highest BCUT2D eigenvalue weighted by Crippen LogP contribution is 2.40. The molecule has 0 aliphatic carbocycles. The number of fused-ring (bicyclic) bond motifs is 1. The van der Waals surface area contributed by atoms with Crippen LogP contribution in [-0.2, 0) is 6.54 Å². The maximum Gasteiger partial charge on any atom is 0.124 e. The Hall–Kier alpha value is -1.80. The zero-order valence-corrected chi connectivity index (χ0v) is 14.6. The van der Waals surface area contributed by atoms with E-state index in [1.807, 2.05) is 0 Å². The highest BCUT2D eigenvalue weighted by Gasteiger charge is 2.33. The van der Waals surface area contributed by atoms with Gasteiger partial charge in [0.2, 0.25) is 0 Å². The fourth-order valence-corrected chi connectivity index (χ4v) is 3.25. The van der Waals surface area contributed by atoms with Gasteiger partial charge in [0.25, 0.3) is 0 Å². The Morgan fingerprint density at radius 1 is 1.13 bits per heavy atom. The van der Waals surface area contributed by atoms with E-state index in [2.05, 4.69) is 81.5 Å². The van der Waals surface area contributed by atoms with Crippen molar-refractivity contribution >= 4 is 0 Å². The predicted octanol–water partition coefficient (Wildman–Crippen LogP) is 5.20. The Morgan fingerprint density at radius 3 is 2.57 bits per heavy atom. The van der Waals surface area contributed by atoms with Crippen molar-refractivity contribution in [2.45, 2.75) is 58.2 Å². The SMILES string of the molecule is CC(C)c1ccc2c(c1)C(NCc1ccccc1)CC(C)(C)O2. The van der Waals surface area contributed by atoms with Gasteiger partial charge in [0.15, 0.2) is 0 Å². The van der Waals surface area contributed by atoms with E-state index in [9.17, 15) is 0 Å². The molecule has 2 nitrogen and oxygen atoms in total. The van der Waals surface area contributed by atoms with E-state index in [1.54, 1.807) is 0 Å². The molecule has 1 unspecified atom stereocenters. The van der Waals surface area contributed by atoms with Crippen LogP contribution in [0.1, 0.15) is 62.8 Å². The van der Waals surface area contributed by atoms with Crippen LogP contribution in [0.25, 0.3) is 0 Å². The van der Waals surface area contributed by atoms with Crippen LogP contribution >= 0.6 is 0 Å². The van der Waals surface area contributed by atoms with Crippen LogP contribution in [0, 0.1) is 0 Å². The van der Waals surface area contributed by atoms with Crippen molar-refractivity contribution in [3.63, 3.8) is 0 Å². The summed E-state index contributed by atoms with van der Waals surface area (Å²) in [5.41, 5.74) is 3.85. The van der Waals surface area contributed by atoms with E-state index < -0.39 is 0 Å². The second-order valence-corrected chi connectivity index (χ2v) is 7.44. The number of nitrogens with one attached hydrogen (secondary N) is 1. The third kappa shape index (κ3) is 3.76. The Labute approximate surface area is 139 Å². The Balaban J connectivity index is 1.86. The first-order chi connectivity index (χ1) is 10.9. The van der Waals surface area contributed by atoms with Crippen LogP contribution in [-0.4, -0.2) is 5.60 Å². The summed E-state index contributed by atoms with van der Waals surface area (Å²) in [7, 11) is 0. The lowest BCUT2D eigenvalue weighted by atomic mass is 9.87. The van der Waals surface area contributed by atoms with Gasteiger partial charge in [0.05, 0.1) is 0 Å². The molecular formula is C21H27NO. The van der Waals surface area contributed by atoms with Gasteiger partial charge in [-0.15, -0.1) is 0 Å². The molecule has 0 amide bonds. The van der Waals surface area contributed by atoms with Crippen molar-refractivity contribution in [1.82, 2.24) is 5.32 Å². The van der Waals surface area contributed by atoms with Crippen molar-refractivity contribution in [3.8, 4) is 5.75 Å². The van der Waals surface area contributed by atoms with Gasteiger partial charge in [-0.2, -0.15) is 0 Å². The van der Waals surface area contributed by atoms with Crippen LogP contribution in [0.3, 0.4) is 0 Å². The van der Waals surface area contributed by atoms with Gasteiger partial charge >= 0.3 is 0 Å². The molecule has 0 spiro atoms. The fraction of sp³-hybridized carbons (Fsp3) is 0.429. The summed E-state index contributed by atoms with van der Waals surface area (Å²) in [6.07, 6.45) is 0.981. The lowest BCUT2D eigenvalue weighted by Gasteiger charge is -2.38. The molecule has 1 atom stereocenters. The molecule has 1 aliphatic heterocycles. The van der Waals surface area contributed by atoms with E-state index in [0.717, 1.165) is 18.7 Å². The van der Waals surface area contributed by atoms with Gasteiger partial charge in [-0.25, -0.2) is 0 Å². The first kappa shape index (κ1) is 16.1. The molecule has 122 valence electrons. The van der Waals surface area contributed by atoms with Crippen LogP contribution in [0.5, 0.6) is 5.75 Å². The van der Waals surface area contributed by atoms with E-state index >= 15 is 0 Å². The number of hydrogen-bond donors (Lipinski definition) is 1. The monoisotopic (exact) mass is 309 g/mol. The summed E-state index contributed by atoms with van der Waals surface area (Å²) in [6.45, 7) is 9.70. The van der Waals surface area contributed by atoms with Gasteiger partial charge in [-0.3, -0.25) is 0 Å². The minimum absolute atomic E-state index is 0.138. The maximum absolute atomic E-state index is 6.20. The summed E-state index contributed by atoms with van der Waals surface area (Å²) >= 11 is 0. The Kier molecular flexibility index (Phi) is 4.45. The molecule has 2 aromatic rings. The molecule has 23 heavy (non-hydrogen) atoms. The topological polar surface area (TPSA) is 21.3 Å². The molecular weight excluding hydrogens is 282 g/mol. The Morgan fingerprint density at radius 2 is 1.87 bits per heavy atom. The standard InChI is InChI=1S/C21H27NO/c1-15(2)17-10-11-20-18(12-17)19(13-21(3,4)23-20)22-14-16-8-6-5-7-9-16/h5-12,15,19,22H,13-14H2,1-4H3. The highest BCUT2D eigenvalue weighted by atomic mass is 16.5. The average molecular weight is 309 g/mol. The lowest BCUT2D eigenvalue weighted by molar-refractivity contribution is 0.0656. The smallest absolute Gasteiger partial charge is 0.124 e. The van der Waals surface area contributed by atoms with Crippen molar-refractivity contribution in [2.24, 2.45) is 0 Å². The second-order valence-electron chi connectivity index (χ2n) is 7.44. The number of benzene rings is 2. The van der Waals surface area contributed by atoms with Crippen LogP contribution in [0.15, 0.2) is 48.5 Å². The van der Waals surface area contributed by atoms with Crippen LogP contribution in [0.2, 0.25) is 0 Å². The van der Waals surface area contributed by atoms with E-state index in [1.165, 1.54) is 16.7 Å². The summed E-state index contributed by atoms with van der Waals surface area (Å²) in [5, 5.41) is 3.74. The summed E-state index contributed by atoms with van der Waals surface area (Å²) < 4.78 is 6.20. The van der Waals surface area contributed by atoms with E-state index in [-0.39, 0.29) is 5.60 Å². The lowest BCUT2D eigenvalue weighted by Crippen LogP contribution is -2.39. The van der Waals surface area contributed by atoms with Gasteiger partial charge in [-0.1, -0.05) is 56.3 Å². The van der Waals surface area contributed by atoms with Crippen molar-refractivity contribution in [2.75, 3.05) is 0 Å². The average Bonchev–Trinajstić information content (AvgIpc) is 2.52. The first-order valence-electron chi connectivity index (χ1n) is 8.55. The molecule has 0 bridgehead atoms. The summed E-state index contributed by atoms with van der Waals surface area (Å²) in [4.78, 5) is 0. The van der Waals surface area contributed by atoms with Gasteiger partial charge in [0, 0.05) is 24.6 Å². The normalized spacial score (nSPS) is 19.3. The maximum atomic E-state index is 6.20. The molecule has 1 heterocycles. The van der Waals surface area contributed by atoms with Crippen molar-refractivity contribution < 1.29 is 4.74 Å². The Bertz CT molecular complexity index is 661. The highest BCUT2D eigenvalue weighted by molar-refractivity contribution is 5.42. The zero-order valence-electron chi connectivity index (χ0n) is 14.6. The van der Waals surface area contributed by atoms with Gasteiger partial charge in [-0.05, 0) is 37.0 Å². The van der Waals surface area contributed by atoms with E-state index in [4.69, 9.17) is 4.74 Å². The molecule has 1 aliphatic rings. The van der Waals surface area contributed by atoms with Crippen molar-refractivity contribution in [1.29, 1.82) is 0 Å². The third-order valence-corrected chi connectivity index (χ3v) is 4.55. The van der Waals surface area contributed by atoms with Crippen LogP contribution in [0.4, 0.5) is 0 Å². The minimum Gasteiger partial charge on any atom is -0.487 e. The molecule has 0 radical (unpaired) electrons. The third-order valence-electron chi connectivity index (χ3n) is 4.55. The van der Waals surface area contributed by atoms with E-state index in [0.29, 0.717) is 12.0 Å². The number of rotatable bonds is 4. The number of hydrogen-bond acceptors (Lipinski definition) is 2. The first-order valence-corrected chi connectivity index (χ1v) is 8.55. The molecule has 2 heteroatoms. The number of ether oxygens (including phenoxy) is 1. The zero-order chi connectivity index (χ0) is 16.4. The fourth-order valence-electron chi connectivity index (χ4n) is 3.25. The molecule has 1 N–H and O–H groups in total. The summed E-state index contributed by atoms with van der Waals surface area (Å²) in [6, 6.07) is 17.6. The predicted molar refractivity (Wildman–Crippen MR) is 95.9 cm³/mol. The molecule has 2 aromatic carbocycles. The molecule has 3 rings (SSSR count). The second kappa shape index (κ2) is 6.37. The summed E-state index contributed by atoms with van der Waals surface area (Å²) in [5.74, 6) is 1.56. The largest absolute Gasteiger partial charge is 0.487 e. The molecule has 0 aromatic heterocycles. The minimum atomic E-state index is -0.138. The molecule has 0 saturated heterocycles.